The molecule has 4 amide bonds. The number of nitrogens with zero attached hydrogens (tertiary/aromatic N) is 2. The summed E-state index contributed by atoms with van der Waals surface area (Å²) in [6, 6.07) is 6.84. The number of thiazole rings is 1. The third kappa shape index (κ3) is 5.20. The number of hydrogen-bond acceptors (Lipinski definition) is 7. The van der Waals surface area contributed by atoms with Gasteiger partial charge in [-0.1, -0.05) is 17.7 Å². The second-order valence-corrected chi connectivity index (χ2v) is 8.37. The number of hydrogen-bond donors (Lipinski definition) is 2. The quantitative estimate of drug-likeness (QED) is 0.513. The number of amides is 4. The molecule has 1 aliphatic rings. The molecule has 1 saturated heterocycles. The maximum absolute atomic E-state index is 12.1. The predicted molar refractivity (Wildman–Crippen MR) is 110 cm³/mol. The monoisotopic (exact) mass is 430 g/mol. The average Bonchev–Trinajstić information content (AvgIpc) is 3.19. The lowest BCUT2D eigenvalue weighted by atomic mass is 10.1. The molecule has 2 aromatic rings. The van der Waals surface area contributed by atoms with Gasteiger partial charge < -0.3 is 15.4 Å². The molecule has 0 unspecified atom stereocenters. The molecule has 1 aromatic carbocycles. The summed E-state index contributed by atoms with van der Waals surface area (Å²) >= 11 is 1.28. The maximum Gasteiger partial charge on any atom is 0.326 e. The standard InChI is InChI=1S/C20H22N4O5S/c1-12-4-6-13(7-5-12)21-15(25)8-16-22-14(11-30-16)10-29-17(26)9-24-18(27)20(2,3)23-19(24)28/h4-7,11H,8-10H2,1-3H3,(H,21,25)(H,23,28). The Morgan fingerprint density at radius 1 is 1.23 bits per heavy atom. The van der Waals surface area contributed by atoms with Gasteiger partial charge in [-0.15, -0.1) is 11.3 Å². The summed E-state index contributed by atoms with van der Waals surface area (Å²) in [6.45, 7) is 4.51. The summed E-state index contributed by atoms with van der Waals surface area (Å²) < 4.78 is 5.11. The number of benzene rings is 1. The number of esters is 1. The van der Waals surface area contributed by atoms with E-state index in [0.29, 0.717) is 16.4 Å². The Morgan fingerprint density at radius 3 is 2.57 bits per heavy atom. The molecule has 0 radical (unpaired) electrons. The summed E-state index contributed by atoms with van der Waals surface area (Å²) in [5.74, 6) is -1.40. The van der Waals surface area contributed by atoms with E-state index in [1.54, 1.807) is 19.2 Å². The summed E-state index contributed by atoms with van der Waals surface area (Å²) in [6.07, 6.45) is 0.101. The highest BCUT2D eigenvalue weighted by molar-refractivity contribution is 7.09. The first kappa shape index (κ1) is 21.4. The number of carbonyl (C=O) groups excluding carboxylic acids is 4. The summed E-state index contributed by atoms with van der Waals surface area (Å²) in [7, 11) is 0. The first-order chi connectivity index (χ1) is 14.1. The predicted octanol–water partition coefficient (Wildman–Crippen LogP) is 2.01. The molecule has 0 atom stereocenters. The van der Waals surface area contributed by atoms with E-state index < -0.39 is 30.0 Å². The Bertz CT molecular complexity index is 983. The number of anilines is 1. The molecule has 0 bridgehead atoms. The van der Waals surface area contributed by atoms with Crippen molar-refractivity contribution < 1.29 is 23.9 Å². The first-order valence-electron chi connectivity index (χ1n) is 9.23. The topological polar surface area (TPSA) is 118 Å². The van der Waals surface area contributed by atoms with Crippen LogP contribution < -0.4 is 10.6 Å². The number of ether oxygens (including phenoxy) is 1. The Morgan fingerprint density at radius 2 is 1.93 bits per heavy atom. The van der Waals surface area contributed by atoms with Gasteiger partial charge in [0.05, 0.1) is 12.1 Å². The molecule has 1 aromatic heterocycles. The Kier molecular flexibility index (Phi) is 6.16. The number of aromatic nitrogens is 1. The number of urea groups is 1. The molecular formula is C20H22N4O5S. The molecule has 10 heteroatoms. The second-order valence-electron chi connectivity index (χ2n) is 7.43. The average molecular weight is 430 g/mol. The van der Waals surface area contributed by atoms with Gasteiger partial charge in [-0.25, -0.2) is 9.78 Å². The van der Waals surface area contributed by atoms with E-state index in [9.17, 15) is 19.2 Å². The van der Waals surface area contributed by atoms with Crippen molar-refractivity contribution in [1.29, 1.82) is 0 Å². The third-order valence-corrected chi connectivity index (χ3v) is 5.26. The van der Waals surface area contributed by atoms with E-state index >= 15 is 0 Å². The van der Waals surface area contributed by atoms with Crippen LogP contribution in [0.15, 0.2) is 29.6 Å². The van der Waals surface area contributed by atoms with Crippen molar-refractivity contribution in [2.45, 2.75) is 39.3 Å². The fourth-order valence-corrected chi connectivity index (χ4v) is 3.54. The molecule has 30 heavy (non-hydrogen) atoms. The first-order valence-corrected chi connectivity index (χ1v) is 10.1. The lowest BCUT2D eigenvalue weighted by Gasteiger charge is -2.15. The highest BCUT2D eigenvalue weighted by Gasteiger charge is 2.45. The van der Waals surface area contributed by atoms with Crippen molar-refractivity contribution in [3.8, 4) is 0 Å². The largest absolute Gasteiger partial charge is 0.458 e. The highest BCUT2D eigenvalue weighted by Crippen LogP contribution is 2.17. The van der Waals surface area contributed by atoms with Crippen LogP contribution in [-0.4, -0.2) is 45.8 Å². The molecule has 2 N–H and O–H groups in total. The van der Waals surface area contributed by atoms with Gasteiger partial charge >= 0.3 is 12.0 Å². The Labute approximate surface area is 177 Å². The molecule has 0 saturated carbocycles. The van der Waals surface area contributed by atoms with Gasteiger partial charge in [-0.05, 0) is 32.9 Å². The summed E-state index contributed by atoms with van der Waals surface area (Å²) in [5.41, 5.74) is 1.26. The molecule has 9 nitrogen and oxygen atoms in total. The number of rotatable bonds is 7. The summed E-state index contributed by atoms with van der Waals surface area (Å²) in [4.78, 5) is 53.1. The van der Waals surface area contributed by atoms with Crippen LogP contribution in [0.4, 0.5) is 10.5 Å². The van der Waals surface area contributed by atoms with E-state index in [1.165, 1.54) is 11.3 Å². The molecule has 2 heterocycles. The summed E-state index contributed by atoms with van der Waals surface area (Å²) in [5, 5.41) is 7.57. The zero-order valence-electron chi connectivity index (χ0n) is 16.9. The van der Waals surface area contributed by atoms with Gasteiger partial charge in [0.2, 0.25) is 5.91 Å². The van der Waals surface area contributed by atoms with Crippen LogP contribution in [0.25, 0.3) is 0 Å². The molecule has 0 aliphatic carbocycles. The van der Waals surface area contributed by atoms with Crippen molar-refractivity contribution in [2.75, 3.05) is 11.9 Å². The SMILES string of the molecule is Cc1ccc(NC(=O)Cc2nc(COC(=O)CN3C(=O)NC(C)(C)C3=O)cs2)cc1. The lowest BCUT2D eigenvalue weighted by molar-refractivity contribution is -0.148. The third-order valence-electron chi connectivity index (χ3n) is 4.36. The zero-order chi connectivity index (χ0) is 21.9. The van der Waals surface area contributed by atoms with E-state index in [2.05, 4.69) is 15.6 Å². The van der Waals surface area contributed by atoms with Gasteiger partial charge in [0, 0.05) is 11.1 Å². The lowest BCUT2D eigenvalue weighted by Crippen LogP contribution is -2.41. The van der Waals surface area contributed by atoms with Crippen LogP contribution >= 0.6 is 11.3 Å². The Balaban J connectivity index is 1.46. The molecular weight excluding hydrogens is 408 g/mol. The van der Waals surface area contributed by atoms with Gasteiger partial charge in [-0.3, -0.25) is 19.3 Å². The van der Waals surface area contributed by atoms with E-state index in [4.69, 9.17) is 4.74 Å². The number of imide groups is 1. The second kappa shape index (κ2) is 8.62. The molecule has 3 rings (SSSR count). The zero-order valence-corrected chi connectivity index (χ0v) is 17.7. The number of nitrogens with one attached hydrogen (secondary N) is 2. The van der Waals surface area contributed by atoms with Gasteiger partial charge in [0.25, 0.3) is 5.91 Å². The molecule has 1 aliphatic heterocycles. The minimum absolute atomic E-state index is 0.101. The fourth-order valence-electron chi connectivity index (χ4n) is 2.77. The smallest absolute Gasteiger partial charge is 0.326 e. The minimum Gasteiger partial charge on any atom is -0.458 e. The van der Waals surface area contributed by atoms with Gasteiger partial charge in [0.15, 0.2) is 0 Å². The van der Waals surface area contributed by atoms with E-state index in [-0.39, 0.29) is 18.9 Å². The van der Waals surface area contributed by atoms with Crippen LogP contribution in [0, 0.1) is 6.92 Å². The Hall–Kier alpha value is -3.27. The van der Waals surface area contributed by atoms with Gasteiger partial charge in [0.1, 0.15) is 23.7 Å². The van der Waals surface area contributed by atoms with Crippen LogP contribution in [0.1, 0.15) is 30.1 Å². The molecule has 1 fully saturated rings. The van der Waals surface area contributed by atoms with Crippen molar-refractivity contribution in [2.24, 2.45) is 0 Å². The van der Waals surface area contributed by atoms with Crippen LogP contribution in [-0.2, 0) is 32.1 Å². The normalized spacial score (nSPS) is 15.1. The maximum atomic E-state index is 12.1. The highest BCUT2D eigenvalue weighted by atomic mass is 32.1. The van der Waals surface area contributed by atoms with Crippen molar-refractivity contribution in [3.05, 3.63) is 45.9 Å². The van der Waals surface area contributed by atoms with Crippen LogP contribution in [0.5, 0.6) is 0 Å². The van der Waals surface area contributed by atoms with Crippen molar-refractivity contribution >= 4 is 40.8 Å². The number of aryl methyl sites for hydroxylation is 1. The van der Waals surface area contributed by atoms with E-state index in [1.807, 2.05) is 31.2 Å². The van der Waals surface area contributed by atoms with Crippen LogP contribution in [0.2, 0.25) is 0 Å². The minimum atomic E-state index is -1.04. The van der Waals surface area contributed by atoms with Crippen LogP contribution in [0.3, 0.4) is 0 Å². The fraction of sp³-hybridized carbons (Fsp3) is 0.350. The molecule has 158 valence electrons. The van der Waals surface area contributed by atoms with Gasteiger partial charge in [-0.2, -0.15) is 0 Å². The van der Waals surface area contributed by atoms with Crippen molar-refractivity contribution in [3.63, 3.8) is 0 Å². The molecule has 0 spiro atoms. The number of carbonyl (C=O) groups is 4. The van der Waals surface area contributed by atoms with E-state index in [0.717, 1.165) is 10.5 Å². The van der Waals surface area contributed by atoms with Crippen molar-refractivity contribution in [1.82, 2.24) is 15.2 Å².